The van der Waals surface area contributed by atoms with E-state index in [9.17, 15) is 13.2 Å². The maximum atomic E-state index is 12.7. The van der Waals surface area contributed by atoms with E-state index >= 15 is 0 Å². The molecule has 4 aromatic rings. The van der Waals surface area contributed by atoms with Crippen LogP contribution in [0, 0.1) is 0 Å². The summed E-state index contributed by atoms with van der Waals surface area (Å²) in [5.74, 6) is 0. The fourth-order valence-electron chi connectivity index (χ4n) is 2.97. The van der Waals surface area contributed by atoms with E-state index in [2.05, 4.69) is 9.71 Å². The number of nitrogens with zero attached hydrogens (tertiary/aromatic N) is 3. The average molecular weight is 415 g/mol. The van der Waals surface area contributed by atoms with E-state index in [1.54, 1.807) is 29.2 Å². The lowest BCUT2D eigenvalue weighted by molar-refractivity contribution is 0.581. The quantitative estimate of drug-likeness (QED) is 0.526. The van der Waals surface area contributed by atoms with Gasteiger partial charge in [0, 0.05) is 31.2 Å². The molecule has 1 N–H and O–H groups in total. The monoisotopic (exact) mass is 414 g/mol. The van der Waals surface area contributed by atoms with Crippen molar-refractivity contribution in [3.63, 3.8) is 0 Å². The first-order valence-corrected chi connectivity index (χ1v) is 11.0. The Morgan fingerprint density at radius 1 is 1.14 bits per heavy atom. The van der Waals surface area contributed by atoms with E-state index in [4.69, 9.17) is 0 Å². The molecule has 4 rings (SSSR count). The van der Waals surface area contributed by atoms with Crippen molar-refractivity contribution in [3.05, 3.63) is 76.4 Å². The Morgan fingerprint density at radius 3 is 2.61 bits per heavy atom. The lowest BCUT2D eigenvalue weighted by atomic mass is 10.2. The highest BCUT2D eigenvalue weighted by atomic mass is 32.2. The summed E-state index contributed by atoms with van der Waals surface area (Å²) < 4.78 is 32.1. The second-order valence-electron chi connectivity index (χ2n) is 6.20. The minimum Gasteiger partial charge on any atom is -0.306 e. The zero-order valence-electron chi connectivity index (χ0n) is 15.1. The van der Waals surface area contributed by atoms with Crippen molar-refractivity contribution in [1.29, 1.82) is 0 Å². The maximum absolute atomic E-state index is 12.7. The zero-order chi connectivity index (χ0) is 19.7. The van der Waals surface area contributed by atoms with Crippen LogP contribution in [0.3, 0.4) is 0 Å². The Kier molecular flexibility index (Phi) is 4.88. The molecule has 0 aliphatic carbocycles. The van der Waals surface area contributed by atoms with E-state index in [1.165, 1.54) is 6.07 Å². The highest BCUT2D eigenvalue weighted by molar-refractivity contribution is 7.89. The second kappa shape index (κ2) is 7.34. The summed E-state index contributed by atoms with van der Waals surface area (Å²) in [5.41, 5.74) is 2.55. The summed E-state index contributed by atoms with van der Waals surface area (Å²) in [5, 5.41) is 0. The molecule has 0 bridgehead atoms. The number of fused-ring (bicyclic) bond motifs is 1. The number of benzene rings is 2. The number of aromatic nitrogens is 3. The number of sulfonamides is 1. The summed E-state index contributed by atoms with van der Waals surface area (Å²) >= 11 is 1.06. The van der Waals surface area contributed by atoms with E-state index in [0.29, 0.717) is 11.2 Å². The van der Waals surface area contributed by atoms with Crippen LogP contribution >= 0.6 is 11.3 Å². The van der Waals surface area contributed by atoms with Gasteiger partial charge in [0.2, 0.25) is 10.0 Å². The number of rotatable bonds is 6. The fraction of sp³-hybridized carbons (Fsp3) is 0.158. The smallest absolute Gasteiger partial charge is 0.306 e. The minimum atomic E-state index is -3.68. The normalized spacial score (nSPS) is 11.9. The number of nitrogens with one attached hydrogen (secondary N) is 1. The number of imidazole rings is 1. The molecule has 0 atom stereocenters. The van der Waals surface area contributed by atoms with Crippen LogP contribution in [-0.2, 0) is 23.1 Å². The van der Waals surface area contributed by atoms with Crippen LogP contribution in [-0.4, -0.2) is 22.5 Å². The third kappa shape index (κ3) is 3.51. The molecule has 2 heterocycles. The standard InChI is InChI=1S/C19H18N4O3S2/c1-2-23-17-8-7-16(11-18(17)27-19(23)24)28(25,26)21-12-14-3-5-15(6-4-14)22-10-9-20-13-22/h3-11,13,21H,2,12H2,1H3. The minimum absolute atomic E-state index is 0.0852. The van der Waals surface area contributed by atoms with Crippen molar-refractivity contribution < 1.29 is 8.42 Å². The van der Waals surface area contributed by atoms with Gasteiger partial charge in [-0.15, -0.1) is 0 Å². The number of aryl methyl sites for hydroxylation is 1. The first kappa shape index (κ1) is 18.6. The molecule has 0 aliphatic heterocycles. The first-order valence-electron chi connectivity index (χ1n) is 8.68. The SMILES string of the molecule is CCn1c(=O)sc2cc(S(=O)(=O)NCc3ccc(-n4ccnc4)cc3)ccc21. The Labute approximate surface area is 166 Å². The van der Waals surface area contributed by atoms with Gasteiger partial charge in [0.1, 0.15) is 0 Å². The molecule has 0 saturated carbocycles. The molecule has 2 aromatic heterocycles. The summed E-state index contributed by atoms with van der Waals surface area (Å²) in [6.07, 6.45) is 5.24. The molecule has 9 heteroatoms. The molecule has 0 saturated heterocycles. The number of hydrogen-bond acceptors (Lipinski definition) is 5. The van der Waals surface area contributed by atoms with Crippen molar-refractivity contribution >= 4 is 31.6 Å². The number of thiazole rings is 1. The fourth-order valence-corrected chi connectivity index (χ4v) is 5.09. The molecule has 2 aromatic carbocycles. The Morgan fingerprint density at radius 2 is 1.93 bits per heavy atom. The molecule has 0 amide bonds. The van der Waals surface area contributed by atoms with Crippen molar-refractivity contribution in [2.24, 2.45) is 0 Å². The summed E-state index contributed by atoms with van der Waals surface area (Å²) in [6, 6.07) is 12.3. The highest BCUT2D eigenvalue weighted by Gasteiger charge is 2.16. The van der Waals surface area contributed by atoms with Gasteiger partial charge >= 0.3 is 4.87 Å². The van der Waals surface area contributed by atoms with Gasteiger partial charge in [0.25, 0.3) is 0 Å². The number of hydrogen-bond donors (Lipinski definition) is 1. The van der Waals surface area contributed by atoms with Gasteiger partial charge in [-0.1, -0.05) is 23.5 Å². The summed E-state index contributed by atoms with van der Waals surface area (Å²) in [6.45, 7) is 2.62. The molecular formula is C19H18N4O3S2. The topological polar surface area (TPSA) is 86.0 Å². The third-order valence-corrected chi connectivity index (χ3v) is 6.81. The average Bonchev–Trinajstić information content (AvgIpc) is 3.33. The molecule has 144 valence electrons. The Bertz CT molecular complexity index is 1270. The van der Waals surface area contributed by atoms with Crippen molar-refractivity contribution in [1.82, 2.24) is 18.8 Å². The van der Waals surface area contributed by atoms with Crippen LogP contribution in [0.1, 0.15) is 12.5 Å². The molecule has 28 heavy (non-hydrogen) atoms. The van der Waals surface area contributed by atoms with E-state index in [-0.39, 0.29) is 16.3 Å². The van der Waals surface area contributed by atoms with Gasteiger partial charge in [-0.05, 0) is 42.8 Å². The molecular weight excluding hydrogens is 396 g/mol. The third-order valence-electron chi connectivity index (χ3n) is 4.47. The van der Waals surface area contributed by atoms with Crippen LogP contribution in [0.25, 0.3) is 15.9 Å². The van der Waals surface area contributed by atoms with Crippen molar-refractivity contribution in [3.8, 4) is 5.69 Å². The van der Waals surface area contributed by atoms with Gasteiger partial charge in [-0.3, -0.25) is 9.36 Å². The zero-order valence-corrected chi connectivity index (χ0v) is 16.7. The van der Waals surface area contributed by atoms with E-state index in [0.717, 1.165) is 28.1 Å². The van der Waals surface area contributed by atoms with E-state index in [1.807, 2.05) is 42.0 Å². The van der Waals surface area contributed by atoms with Gasteiger partial charge < -0.3 is 4.57 Å². The van der Waals surface area contributed by atoms with Gasteiger partial charge in [-0.25, -0.2) is 18.1 Å². The summed E-state index contributed by atoms with van der Waals surface area (Å²) in [4.78, 5) is 16.0. The second-order valence-corrected chi connectivity index (χ2v) is 8.96. The molecule has 0 aliphatic rings. The van der Waals surface area contributed by atoms with Gasteiger partial charge in [0.15, 0.2) is 0 Å². The Balaban J connectivity index is 1.52. The largest absolute Gasteiger partial charge is 0.308 e. The lowest BCUT2D eigenvalue weighted by Gasteiger charge is -2.08. The van der Waals surface area contributed by atoms with Crippen LogP contribution < -0.4 is 9.60 Å². The van der Waals surface area contributed by atoms with Crippen molar-refractivity contribution in [2.45, 2.75) is 24.9 Å². The lowest BCUT2D eigenvalue weighted by Crippen LogP contribution is -2.23. The van der Waals surface area contributed by atoms with Crippen LogP contribution in [0.15, 0.2) is 70.9 Å². The van der Waals surface area contributed by atoms with E-state index < -0.39 is 10.0 Å². The van der Waals surface area contributed by atoms with Crippen molar-refractivity contribution in [2.75, 3.05) is 0 Å². The van der Waals surface area contributed by atoms with Crippen LogP contribution in [0.2, 0.25) is 0 Å². The Hall–Kier alpha value is -2.75. The van der Waals surface area contributed by atoms with Crippen LogP contribution in [0.5, 0.6) is 0 Å². The molecule has 0 spiro atoms. The predicted molar refractivity (Wildman–Crippen MR) is 109 cm³/mol. The summed E-state index contributed by atoms with van der Waals surface area (Å²) in [7, 11) is -3.68. The molecule has 0 radical (unpaired) electrons. The maximum Gasteiger partial charge on any atom is 0.308 e. The van der Waals surface area contributed by atoms with Crippen LogP contribution in [0.4, 0.5) is 0 Å². The van der Waals surface area contributed by atoms with Gasteiger partial charge in [-0.2, -0.15) is 0 Å². The molecule has 0 unspecified atom stereocenters. The highest BCUT2D eigenvalue weighted by Crippen LogP contribution is 2.22. The molecule has 7 nitrogen and oxygen atoms in total. The first-order chi connectivity index (χ1) is 13.5. The van der Waals surface area contributed by atoms with Gasteiger partial charge in [0.05, 0.1) is 21.4 Å². The molecule has 0 fully saturated rings. The predicted octanol–water partition coefficient (Wildman–Crippen LogP) is 2.75.